The van der Waals surface area contributed by atoms with Crippen molar-refractivity contribution in [3.05, 3.63) is 78.0 Å². The molecule has 6 nitrogen and oxygen atoms in total. The minimum atomic E-state index is -0.198. The molecule has 0 radical (unpaired) electrons. The first-order valence-corrected chi connectivity index (χ1v) is 7.42. The maximum Gasteiger partial charge on any atom is 0.253 e. The topological polar surface area (TPSA) is 83.6 Å². The van der Waals surface area contributed by atoms with Crippen molar-refractivity contribution in [3.8, 4) is 11.9 Å². The molecule has 0 aliphatic heterocycles. The molecule has 2 heterocycles. The third-order valence-corrected chi connectivity index (χ3v) is 3.67. The number of pyridine rings is 1. The molecular weight excluding hydrogens is 302 g/mol. The van der Waals surface area contributed by atoms with E-state index in [1.54, 1.807) is 47.6 Å². The van der Waals surface area contributed by atoms with Gasteiger partial charge in [0.1, 0.15) is 12.1 Å². The average Bonchev–Trinajstić information content (AvgIpc) is 3.16. The van der Waals surface area contributed by atoms with Crippen LogP contribution in [0, 0.1) is 11.3 Å². The fraction of sp³-hybridized carbons (Fsp3) is 0.111. The number of imidazole rings is 1. The molecule has 3 rings (SSSR count). The van der Waals surface area contributed by atoms with Crippen LogP contribution in [-0.4, -0.2) is 20.4 Å². The standard InChI is InChI=1S/C18H15N5O/c1-13(15-4-2-14(10-19)3-5-15)22-18(24)16-6-7-17(21-11-16)23-9-8-20-12-23/h2-9,11-13H,1H3,(H,22,24). The van der Waals surface area contributed by atoms with E-state index in [9.17, 15) is 4.79 Å². The van der Waals surface area contributed by atoms with Gasteiger partial charge < -0.3 is 5.32 Å². The number of nitriles is 1. The van der Waals surface area contributed by atoms with Crippen LogP contribution in [0.15, 0.2) is 61.3 Å². The zero-order valence-electron chi connectivity index (χ0n) is 13.0. The molecule has 24 heavy (non-hydrogen) atoms. The second-order valence-electron chi connectivity index (χ2n) is 5.30. The molecule has 3 aromatic rings. The lowest BCUT2D eigenvalue weighted by atomic mass is 10.1. The summed E-state index contributed by atoms with van der Waals surface area (Å²) in [5.41, 5.74) is 2.02. The highest BCUT2D eigenvalue weighted by atomic mass is 16.1. The molecule has 1 atom stereocenters. The van der Waals surface area contributed by atoms with Crippen molar-refractivity contribution in [1.29, 1.82) is 5.26 Å². The first-order valence-electron chi connectivity index (χ1n) is 7.42. The molecule has 1 N–H and O–H groups in total. The van der Waals surface area contributed by atoms with E-state index in [1.807, 2.05) is 19.1 Å². The molecule has 0 spiro atoms. The van der Waals surface area contributed by atoms with Gasteiger partial charge in [0.25, 0.3) is 5.91 Å². The Morgan fingerprint density at radius 2 is 2.04 bits per heavy atom. The molecule has 0 saturated carbocycles. The van der Waals surface area contributed by atoms with Crippen LogP contribution in [0.25, 0.3) is 5.82 Å². The highest BCUT2D eigenvalue weighted by molar-refractivity contribution is 5.94. The summed E-state index contributed by atoms with van der Waals surface area (Å²) in [4.78, 5) is 20.6. The van der Waals surface area contributed by atoms with Gasteiger partial charge in [-0.15, -0.1) is 0 Å². The number of carbonyl (C=O) groups is 1. The van der Waals surface area contributed by atoms with Crippen LogP contribution in [0.4, 0.5) is 0 Å². The van der Waals surface area contributed by atoms with Gasteiger partial charge in [-0.3, -0.25) is 9.36 Å². The number of rotatable bonds is 4. The summed E-state index contributed by atoms with van der Waals surface area (Å²) in [6.45, 7) is 1.90. The summed E-state index contributed by atoms with van der Waals surface area (Å²) in [5.74, 6) is 0.501. The van der Waals surface area contributed by atoms with Gasteiger partial charge in [-0.25, -0.2) is 9.97 Å². The summed E-state index contributed by atoms with van der Waals surface area (Å²) in [6.07, 6.45) is 6.64. The molecular formula is C18H15N5O. The predicted octanol–water partition coefficient (Wildman–Crippen LogP) is 2.63. The highest BCUT2D eigenvalue weighted by Crippen LogP contribution is 2.14. The minimum absolute atomic E-state index is 0.168. The normalized spacial score (nSPS) is 11.5. The van der Waals surface area contributed by atoms with Crippen LogP contribution in [0.2, 0.25) is 0 Å². The lowest BCUT2D eigenvalue weighted by Crippen LogP contribution is -2.26. The number of aromatic nitrogens is 3. The Hall–Kier alpha value is -3.46. The summed E-state index contributed by atoms with van der Waals surface area (Å²) < 4.78 is 1.76. The zero-order valence-corrected chi connectivity index (χ0v) is 13.0. The van der Waals surface area contributed by atoms with E-state index in [0.29, 0.717) is 16.9 Å². The van der Waals surface area contributed by atoms with Crippen LogP contribution in [0.5, 0.6) is 0 Å². The first-order chi connectivity index (χ1) is 11.7. The lowest BCUT2D eigenvalue weighted by Gasteiger charge is -2.14. The smallest absolute Gasteiger partial charge is 0.253 e. The van der Waals surface area contributed by atoms with Gasteiger partial charge in [0.15, 0.2) is 0 Å². The third-order valence-electron chi connectivity index (χ3n) is 3.67. The quantitative estimate of drug-likeness (QED) is 0.801. The fourth-order valence-electron chi connectivity index (χ4n) is 2.28. The van der Waals surface area contributed by atoms with E-state index in [0.717, 1.165) is 5.56 Å². The number of hydrogen-bond donors (Lipinski definition) is 1. The second kappa shape index (κ2) is 6.75. The SMILES string of the molecule is CC(NC(=O)c1ccc(-n2ccnc2)nc1)c1ccc(C#N)cc1. The Balaban J connectivity index is 1.68. The Morgan fingerprint density at radius 1 is 1.25 bits per heavy atom. The maximum atomic E-state index is 12.3. The van der Waals surface area contributed by atoms with Gasteiger partial charge in [0.2, 0.25) is 0 Å². The minimum Gasteiger partial charge on any atom is -0.345 e. The number of nitrogens with zero attached hydrogens (tertiary/aromatic N) is 4. The van der Waals surface area contributed by atoms with Crippen molar-refractivity contribution in [3.63, 3.8) is 0 Å². The number of nitrogens with one attached hydrogen (secondary N) is 1. The van der Waals surface area contributed by atoms with Crippen molar-refractivity contribution >= 4 is 5.91 Å². The third kappa shape index (κ3) is 3.31. The first kappa shape index (κ1) is 15.4. The molecule has 2 aromatic heterocycles. The Labute approximate surface area is 139 Å². The summed E-state index contributed by atoms with van der Waals surface area (Å²) in [7, 11) is 0. The van der Waals surface area contributed by atoms with E-state index in [4.69, 9.17) is 5.26 Å². The van der Waals surface area contributed by atoms with Crippen LogP contribution >= 0.6 is 0 Å². The Kier molecular flexibility index (Phi) is 4.34. The van der Waals surface area contributed by atoms with Crippen LogP contribution < -0.4 is 5.32 Å². The van der Waals surface area contributed by atoms with Crippen molar-refractivity contribution in [2.45, 2.75) is 13.0 Å². The van der Waals surface area contributed by atoms with Crippen molar-refractivity contribution < 1.29 is 4.79 Å². The molecule has 6 heteroatoms. The van der Waals surface area contributed by atoms with Crippen LogP contribution in [0.3, 0.4) is 0 Å². The molecule has 1 unspecified atom stereocenters. The Morgan fingerprint density at radius 3 is 2.62 bits per heavy atom. The molecule has 0 aliphatic rings. The number of amides is 1. The van der Waals surface area contributed by atoms with Crippen molar-refractivity contribution in [2.75, 3.05) is 0 Å². The van der Waals surface area contributed by atoms with Gasteiger partial charge in [-0.05, 0) is 36.8 Å². The number of benzene rings is 1. The van der Waals surface area contributed by atoms with Crippen LogP contribution in [-0.2, 0) is 0 Å². The molecule has 0 fully saturated rings. The predicted molar refractivity (Wildman–Crippen MR) is 88.4 cm³/mol. The largest absolute Gasteiger partial charge is 0.345 e. The van der Waals surface area contributed by atoms with E-state index < -0.39 is 0 Å². The molecule has 118 valence electrons. The van der Waals surface area contributed by atoms with Gasteiger partial charge in [-0.1, -0.05) is 12.1 Å². The molecule has 1 aromatic carbocycles. The van der Waals surface area contributed by atoms with Gasteiger partial charge in [0.05, 0.1) is 23.2 Å². The van der Waals surface area contributed by atoms with Crippen molar-refractivity contribution in [1.82, 2.24) is 19.9 Å². The maximum absolute atomic E-state index is 12.3. The zero-order chi connectivity index (χ0) is 16.9. The average molecular weight is 317 g/mol. The molecule has 1 amide bonds. The second-order valence-corrected chi connectivity index (χ2v) is 5.30. The highest BCUT2D eigenvalue weighted by Gasteiger charge is 2.12. The molecule has 0 saturated heterocycles. The molecule has 0 aliphatic carbocycles. The Bertz CT molecular complexity index is 861. The van der Waals surface area contributed by atoms with Gasteiger partial charge >= 0.3 is 0 Å². The molecule has 0 bridgehead atoms. The van der Waals surface area contributed by atoms with Gasteiger partial charge in [0, 0.05) is 18.6 Å². The van der Waals surface area contributed by atoms with E-state index >= 15 is 0 Å². The van der Waals surface area contributed by atoms with Gasteiger partial charge in [-0.2, -0.15) is 5.26 Å². The fourth-order valence-corrected chi connectivity index (χ4v) is 2.28. The number of carbonyl (C=O) groups excluding carboxylic acids is 1. The van der Waals surface area contributed by atoms with Crippen molar-refractivity contribution in [2.24, 2.45) is 0 Å². The number of hydrogen-bond acceptors (Lipinski definition) is 4. The van der Waals surface area contributed by atoms with E-state index in [1.165, 1.54) is 6.20 Å². The monoisotopic (exact) mass is 317 g/mol. The summed E-state index contributed by atoms with van der Waals surface area (Å²) in [5, 5.41) is 11.7. The van der Waals surface area contributed by atoms with E-state index in [2.05, 4.69) is 21.4 Å². The van der Waals surface area contributed by atoms with E-state index in [-0.39, 0.29) is 11.9 Å². The summed E-state index contributed by atoms with van der Waals surface area (Å²) >= 11 is 0. The lowest BCUT2D eigenvalue weighted by molar-refractivity contribution is 0.0939. The van der Waals surface area contributed by atoms with Crippen LogP contribution in [0.1, 0.15) is 34.5 Å². The summed E-state index contributed by atoms with van der Waals surface area (Å²) in [6, 6.07) is 12.5.